The van der Waals surface area contributed by atoms with Crippen molar-refractivity contribution in [3.05, 3.63) is 23.8 Å². The van der Waals surface area contributed by atoms with Crippen LogP contribution in [0.5, 0.6) is 0 Å². The minimum atomic E-state index is 1.02. The summed E-state index contributed by atoms with van der Waals surface area (Å²) in [5.41, 5.74) is 2.66. The summed E-state index contributed by atoms with van der Waals surface area (Å²) in [5.74, 6) is 0. The molecule has 0 saturated heterocycles. The first-order chi connectivity index (χ1) is 5.26. The van der Waals surface area contributed by atoms with Gasteiger partial charge in [0.05, 0.1) is 0 Å². The van der Waals surface area contributed by atoms with E-state index in [-0.39, 0.29) is 0 Å². The first-order valence-corrected chi connectivity index (χ1v) is 4.24. The second-order valence-electron chi connectivity index (χ2n) is 2.62. The molecule has 0 aliphatic rings. The van der Waals surface area contributed by atoms with Crippen LogP contribution in [-0.2, 0) is 0 Å². The number of allylic oxidation sites excluding steroid dienone is 2. The minimum Gasteiger partial charge on any atom is -0.319 e. The maximum absolute atomic E-state index is 4.03. The van der Waals surface area contributed by atoms with Crippen LogP contribution in [0, 0.1) is 0 Å². The van der Waals surface area contributed by atoms with Gasteiger partial charge in [-0.1, -0.05) is 25.2 Å². The van der Waals surface area contributed by atoms with E-state index < -0.39 is 0 Å². The van der Waals surface area contributed by atoms with Crippen LogP contribution >= 0.6 is 0 Å². The first-order valence-electron chi connectivity index (χ1n) is 4.24. The summed E-state index contributed by atoms with van der Waals surface area (Å²) in [6.07, 6.45) is 4.31. The van der Waals surface area contributed by atoms with Gasteiger partial charge in [0.2, 0.25) is 0 Å². The summed E-state index contributed by atoms with van der Waals surface area (Å²) in [4.78, 5) is 0. The predicted octanol–water partition coefficient (Wildman–Crippen LogP) is 2.51. The van der Waals surface area contributed by atoms with Crippen LogP contribution in [0.25, 0.3) is 0 Å². The van der Waals surface area contributed by atoms with E-state index in [2.05, 4.69) is 31.8 Å². The van der Waals surface area contributed by atoms with Gasteiger partial charge in [0, 0.05) is 0 Å². The molecule has 11 heavy (non-hydrogen) atoms. The van der Waals surface area contributed by atoms with Crippen molar-refractivity contribution in [2.24, 2.45) is 0 Å². The van der Waals surface area contributed by atoms with Crippen molar-refractivity contribution in [3.63, 3.8) is 0 Å². The zero-order valence-electron chi connectivity index (χ0n) is 7.91. The van der Waals surface area contributed by atoms with Crippen LogP contribution in [0.15, 0.2) is 23.8 Å². The van der Waals surface area contributed by atoms with Crippen LogP contribution in [-0.4, -0.2) is 13.6 Å². The quantitative estimate of drug-likeness (QED) is 0.598. The molecule has 0 aromatic carbocycles. The number of hydrogen-bond acceptors (Lipinski definition) is 1. The van der Waals surface area contributed by atoms with Gasteiger partial charge < -0.3 is 5.32 Å². The maximum Gasteiger partial charge on any atom is -0.00115 e. The number of rotatable bonds is 5. The highest BCUT2D eigenvalue weighted by molar-refractivity contribution is 5.27. The van der Waals surface area contributed by atoms with Gasteiger partial charge in [0.1, 0.15) is 0 Å². The predicted molar refractivity (Wildman–Crippen MR) is 51.7 cm³/mol. The summed E-state index contributed by atoms with van der Waals surface area (Å²) in [5, 5.41) is 3.11. The third-order valence-electron chi connectivity index (χ3n) is 1.86. The fraction of sp³-hybridized carbons (Fsp3) is 0.600. The zero-order chi connectivity index (χ0) is 8.69. The third kappa shape index (κ3) is 3.99. The lowest BCUT2D eigenvalue weighted by Crippen LogP contribution is -2.08. The molecule has 1 heteroatoms. The second kappa shape index (κ2) is 6.17. The van der Waals surface area contributed by atoms with Crippen LogP contribution in [0.3, 0.4) is 0 Å². The molecule has 1 N–H and O–H groups in total. The van der Waals surface area contributed by atoms with Crippen molar-refractivity contribution >= 4 is 0 Å². The van der Waals surface area contributed by atoms with Gasteiger partial charge in [-0.2, -0.15) is 0 Å². The van der Waals surface area contributed by atoms with Crippen molar-refractivity contribution < 1.29 is 0 Å². The van der Waals surface area contributed by atoms with Crippen LogP contribution in [0.1, 0.15) is 26.7 Å². The standard InChI is InChI=1S/C10H19N/c1-5-10(6-2)9(3)7-8-11-4/h5,11H,3,6-8H2,1-2,4H3/b10-5+. The van der Waals surface area contributed by atoms with Gasteiger partial charge in [-0.3, -0.25) is 0 Å². The Kier molecular flexibility index (Phi) is 5.86. The molecule has 0 saturated carbocycles. The fourth-order valence-corrected chi connectivity index (χ4v) is 1.09. The van der Waals surface area contributed by atoms with E-state index in [9.17, 15) is 0 Å². The molecule has 0 bridgehead atoms. The van der Waals surface area contributed by atoms with Gasteiger partial charge in [-0.05, 0) is 38.9 Å². The van der Waals surface area contributed by atoms with E-state index in [1.54, 1.807) is 0 Å². The van der Waals surface area contributed by atoms with Crippen molar-refractivity contribution in [2.75, 3.05) is 13.6 Å². The smallest absolute Gasteiger partial charge is 0.00115 e. The Labute approximate surface area is 70.2 Å². The highest BCUT2D eigenvalue weighted by atomic mass is 14.8. The molecule has 0 aromatic heterocycles. The fourth-order valence-electron chi connectivity index (χ4n) is 1.09. The largest absolute Gasteiger partial charge is 0.319 e. The van der Waals surface area contributed by atoms with Gasteiger partial charge in [0.25, 0.3) is 0 Å². The van der Waals surface area contributed by atoms with E-state index in [1.807, 2.05) is 7.05 Å². The normalized spacial score (nSPS) is 11.7. The Morgan fingerprint density at radius 1 is 1.55 bits per heavy atom. The Morgan fingerprint density at radius 3 is 2.55 bits per heavy atom. The SMILES string of the molecule is C=C(CCNC)/C(=C/C)CC. The van der Waals surface area contributed by atoms with Crippen molar-refractivity contribution in [1.82, 2.24) is 5.32 Å². The Morgan fingerprint density at radius 2 is 2.18 bits per heavy atom. The van der Waals surface area contributed by atoms with Crippen LogP contribution in [0.4, 0.5) is 0 Å². The molecule has 0 aliphatic heterocycles. The summed E-state index contributed by atoms with van der Waals surface area (Å²) in [7, 11) is 1.97. The van der Waals surface area contributed by atoms with Crippen molar-refractivity contribution in [2.45, 2.75) is 26.7 Å². The average Bonchev–Trinajstić information content (AvgIpc) is 2.03. The molecule has 0 spiro atoms. The van der Waals surface area contributed by atoms with Crippen molar-refractivity contribution in [1.29, 1.82) is 0 Å². The number of hydrogen-bond donors (Lipinski definition) is 1. The molecular weight excluding hydrogens is 134 g/mol. The van der Waals surface area contributed by atoms with E-state index >= 15 is 0 Å². The molecule has 1 nitrogen and oxygen atoms in total. The molecule has 0 radical (unpaired) electrons. The molecule has 0 rings (SSSR count). The third-order valence-corrected chi connectivity index (χ3v) is 1.86. The topological polar surface area (TPSA) is 12.0 Å². The van der Waals surface area contributed by atoms with Gasteiger partial charge >= 0.3 is 0 Å². The molecule has 0 unspecified atom stereocenters. The Bertz CT molecular complexity index is 145. The zero-order valence-corrected chi connectivity index (χ0v) is 7.91. The molecule has 64 valence electrons. The van der Waals surface area contributed by atoms with Crippen LogP contribution in [0.2, 0.25) is 0 Å². The highest BCUT2D eigenvalue weighted by Crippen LogP contribution is 2.14. The van der Waals surface area contributed by atoms with Gasteiger partial charge in [-0.25, -0.2) is 0 Å². The monoisotopic (exact) mass is 153 g/mol. The van der Waals surface area contributed by atoms with Gasteiger partial charge in [-0.15, -0.1) is 0 Å². The van der Waals surface area contributed by atoms with Crippen LogP contribution < -0.4 is 5.32 Å². The lowest BCUT2D eigenvalue weighted by atomic mass is 10.0. The Hall–Kier alpha value is -0.560. The first kappa shape index (κ1) is 10.4. The van der Waals surface area contributed by atoms with Gasteiger partial charge in [0.15, 0.2) is 0 Å². The highest BCUT2D eigenvalue weighted by Gasteiger charge is 1.97. The lowest BCUT2D eigenvalue weighted by Gasteiger charge is -2.07. The molecule has 0 atom stereocenters. The molecule has 0 heterocycles. The Balaban J connectivity index is 3.81. The average molecular weight is 153 g/mol. The van der Waals surface area contributed by atoms with E-state index in [0.29, 0.717) is 0 Å². The lowest BCUT2D eigenvalue weighted by molar-refractivity contribution is 0.785. The van der Waals surface area contributed by atoms with E-state index in [0.717, 1.165) is 19.4 Å². The minimum absolute atomic E-state index is 1.02. The summed E-state index contributed by atoms with van der Waals surface area (Å²) < 4.78 is 0. The molecule has 0 fully saturated rings. The van der Waals surface area contributed by atoms with E-state index in [1.165, 1.54) is 11.1 Å². The van der Waals surface area contributed by atoms with E-state index in [4.69, 9.17) is 0 Å². The summed E-state index contributed by atoms with van der Waals surface area (Å²) >= 11 is 0. The molecule has 0 aliphatic carbocycles. The maximum atomic E-state index is 4.03. The molecular formula is C10H19N. The second-order valence-corrected chi connectivity index (χ2v) is 2.62. The molecule has 0 amide bonds. The summed E-state index contributed by atoms with van der Waals surface area (Å²) in [6, 6.07) is 0. The molecule has 0 aromatic rings. The summed E-state index contributed by atoms with van der Waals surface area (Å²) in [6.45, 7) is 9.29. The van der Waals surface area contributed by atoms with Crippen molar-refractivity contribution in [3.8, 4) is 0 Å². The number of nitrogens with one attached hydrogen (secondary N) is 1.